The Balaban J connectivity index is 1.78. The van der Waals surface area contributed by atoms with Crippen LogP contribution in [0.1, 0.15) is 11.4 Å². The number of amides is 1. The van der Waals surface area contributed by atoms with Gasteiger partial charge in [0.1, 0.15) is 6.54 Å². The molecular formula is C19H19N3O3S2. The van der Waals surface area contributed by atoms with Gasteiger partial charge in [-0.1, -0.05) is 18.2 Å². The van der Waals surface area contributed by atoms with Crippen LogP contribution in [0.2, 0.25) is 0 Å². The number of hydrogen-bond acceptors (Lipinski definition) is 6. The predicted molar refractivity (Wildman–Crippen MR) is 109 cm³/mol. The molecule has 1 amide bonds. The smallest absolute Gasteiger partial charge is 0.246 e. The third-order valence-electron chi connectivity index (χ3n) is 3.71. The third-order valence-corrected chi connectivity index (χ3v) is 5.63. The van der Waals surface area contributed by atoms with E-state index in [1.54, 1.807) is 22.5 Å². The fraction of sp³-hybridized carbons (Fsp3) is 0.211. The fourth-order valence-electron chi connectivity index (χ4n) is 2.42. The monoisotopic (exact) mass is 401 g/mol. The Labute approximate surface area is 165 Å². The quantitative estimate of drug-likeness (QED) is 0.613. The van der Waals surface area contributed by atoms with Gasteiger partial charge in [-0.05, 0) is 19.1 Å². The molecule has 0 spiro atoms. The van der Waals surface area contributed by atoms with Crippen LogP contribution in [0.25, 0.3) is 0 Å². The van der Waals surface area contributed by atoms with Crippen molar-refractivity contribution in [2.24, 2.45) is 0 Å². The second-order valence-electron chi connectivity index (χ2n) is 5.77. The van der Waals surface area contributed by atoms with E-state index in [4.69, 9.17) is 4.74 Å². The van der Waals surface area contributed by atoms with E-state index in [9.17, 15) is 9.59 Å². The van der Waals surface area contributed by atoms with Crippen molar-refractivity contribution in [2.45, 2.75) is 24.1 Å². The summed E-state index contributed by atoms with van der Waals surface area (Å²) in [6.45, 7) is 1.94. The minimum Gasteiger partial charge on any atom is -0.491 e. The molecule has 27 heavy (non-hydrogen) atoms. The van der Waals surface area contributed by atoms with E-state index in [2.05, 4.69) is 10.3 Å². The van der Waals surface area contributed by atoms with E-state index in [0.717, 1.165) is 16.3 Å². The molecule has 0 radical (unpaired) electrons. The number of pyridine rings is 1. The lowest BCUT2D eigenvalue weighted by Gasteiger charge is -2.14. The summed E-state index contributed by atoms with van der Waals surface area (Å²) in [6.07, 6.45) is 1.58. The van der Waals surface area contributed by atoms with Gasteiger partial charge < -0.3 is 14.6 Å². The van der Waals surface area contributed by atoms with Gasteiger partial charge in [-0.2, -0.15) is 0 Å². The maximum absolute atomic E-state index is 12.4. The molecule has 8 heteroatoms. The highest BCUT2D eigenvalue weighted by atomic mass is 32.2. The summed E-state index contributed by atoms with van der Waals surface area (Å²) in [6, 6.07) is 11.4. The highest BCUT2D eigenvalue weighted by molar-refractivity contribution is 7.98. The van der Waals surface area contributed by atoms with Crippen LogP contribution in [-0.2, 0) is 17.1 Å². The number of nitrogens with zero attached hydrogens (tertiary/aromatic N) is 2. The van der Waals surface area contributed by atoms with Crippen LogP contribution in [0.5, 0.6) is 5.75 Å². The zero-order valence-corrected chi connectivity index (χ0v) is 16.6. The van der Waals surface area contributed by atoms with Gasteiger partial charge in [-0.3, -0.25) is 9.59 Å². The summed E-state index contributed by atoms with van der Waals surface area (Å²) < 4.78 is 6.87. The zero-order valence-electron chi connectivity index (χ0n) is 15.0. The number of methoxy groups -OCH3 is 1. The fourth-order valence-corrected chi connectivity index (χ4v) is 4.04. The maximum Gasteiger partial charge on any atom is 0.246 e. The molecule has 1 N–H and O–H groups in total. The van der Waals surface area contributed by atoms with Gasteiger partial charge in [0.15, 0.2) is 10.9 Å². The molecule has 0 unspecified atom stereocenters. The lowest BCUT2D eigenvalue weighted by molar-refractivity contribution is -0.116. The van der Waals surface area contributed by atoms with E-state index in [1.807, 2.05) is 42.6 Å². The van der Waals surface area contributed by atoms with Gasteiger partial charge in [-0.25, -0.2) is 4.98 Å². The van der Waals surface area contributed by atoms with Crippen LogP contribution in [0.15, 0.2) is 57.7 Å². The molecule has 0 fully saturated rings. The number of benzene rings is 1. The number of nitrogens with one attached hydrogen (secondary N) is 1. The number of aryl methyl sites for hydroxylation is 1. The van der Waals surface area contributed by atoms with Crippen molar-refractivity contribution in [3.63, 3.8) is 0 Å². The SMILES string of the molecule is COc1cn(CC(=O)Nc2nc(C)cs2)c(CSc2ccccc2)cc1=O. The number of carbonyl (C=O) groups is 1. The van der Waals surface area contributed by atoms with Gasteiger partial charge in [0, 0.05) is 27.8 Å². The lowest BCUT2D eigenvalue weighted by Crippen LogP contribution is -2.22. The van der Waals surface area contributed by atoms with E-state index in [-0.39, 0.29) is 23.6 Å². The Morgan fingerprint density at radius 2 is 2.11 bits per heavy atom. The molecule has 3 rings (SSSR count). The van der Waals surface area contributed by atoms with E-state index in [0.29, 0.717) is 10.9 Å². The summed E-state index contributed by atoms with van der Waals surface area (Å²) in [5.74, 6) is 0.565. The molecular weight excluding hydrogens is 382 g/mol. The van der Waals surface area contributed by atoms with Gasteiger partial charge in [0.05, 0.1) is 19.0 Å². The molecule has 3 aromatic rings. The number of thioether (sulfide) groups is 1. The Hall–Kier alpha value is -2.58. The molecule has 0 aliphatic carbocycles. The first-order chi connectivity index (χ1) is 13.0. The number of ether oxygens (including phenoxy) is 1. The summed E-state index contributed by atoms with van der Waals surface area (Å²) >= 11 is 2.98. The molecule has 140 valence electrons. The van der Waals surface area contributed by atoms with Gasteiger partial charge in [0.25, 0.3) is 0 Å². The van der Waals surface area contributed by atoms with Crippen molar-refractivity contribution in [3.8, 4) is 5.75 Å². The van der Waals surface area contributed by atoms with Crippen molar-refractivity contribution < 1.29 is 9.53 Å². The van der Waals surface area contributed by atoms with Crippen LogP contribution >= 0.6 is 23.1 Å². The Morgan fingerprint density at radius 1 is 1.33 bits per heavy atom. The average Bonchev–Trinajstić information content (AvgIpc) is 3.07. The first-order valence-corrected chi connectivity index (χ1v) is 10.1. The van der Waals surface area contributed by atoms with Crippen LogP contribution in [0.4, 0.5) is 5.13 Å². The first kappa shape index (κ1) is 19.2. The minimum absolute atomic E-state index is 0.0694. The highest BCUT2D eigenvalue weighted by Gasteiger charge is 2.12. The topological polar surface area (TPSA) is 73.2 Å². The zero-order chi connectivity index (χ0) is 19.2. The molecule has 2 aromatic heterocycles. The van der Waals surface area contributed by atoms with Crippen molar-refractivity contribution in [1.29, 1.82) is 0 Å². The summed E-state index contributed by atoms with van der Waals surface area (Å²) in [4.78, 5) is 29.9. The largest absolute Gasteiger partial charge is 0.491 e. The molecule has 0 aliphatic heterocycles. The number of thiazole rings is 1. The molecule has 0 bridgehead atoms. The Morgan fingerprint density at radius 3 is 2.78 bits per heavy atom. The van der Waals surface area contributed by atoms with Crippen molar-refractivity contribution >= 4 is 34.1 Å². The van der Waals surface area contributed by atoms with Crippen LogP contribution < -0.4 is 15.5 Å². The second kappa shape index (κ2) is 8.88. The number of carbonyl (C=O) groups excluding carboxylic acids is 1. The Bertz CT molecular complexity index is 983. The minimum atomic E-state index is -0.207. The normalized spacial score (nSPS) is 10.6. The Kier molecular flexibility index (Phi) is 6.31. The van der Waals surface area contributed by atoms with Gasteiger partial charge in [-0.15, -0.1) is 23.1 Å². The number of rotatable bonds is 7. The molecule has 1 aromatic carbocycles. The average molecular weight is 402 g/mol. The summed E-state index contributed by atoms with van der Waals surface area (Å²) in [5, 5.41) is 5.22. The van der Waals surface area contributed by atoms with Crippen LogP contribution in [0, 0.1) is 6.92 Å². The summed E-state index contributed by atoms with van der Waals surface area (Å²) in [5.41, 5.74) is 1.41. The number of aromatic nitrogens is 2. The highest BCUT2D eigenvalue weighted by Crippen LogP contribution is 2.23. The molecule has 0 atom stereocenters. The molecule has 0 aliphatic rings. The van der Waals surface area contributed by atoms with E-state index < -0.39 is 0 Å². The number of anilines is 1. The third kappa shape index (κ3) is 5.21. The predicted octanol–water partition coefficient (Wildman–Crippen LogP) is 3.55. The van der Waals surface area contributed by atoms with Gasteiger partial charge in [0.2, 0.25) is 11.3 Å². The number of hydrogen-bond donors (Lipinski definition) is 1. The molecule has 2 heterocycles. The lowest BCUT2D eigenvalue weighted by atomic mass is 10.3. The maximum atomic E-state index is 12.4. The van der Waals surface area contributed by atoms with Crippen molar-refractivity contribution in [2.75, 3.05) is 12.4 Å². The molecule has 0 saturated heterocycles. The molecule has 0 saturated carbocycles. The second-order valence-corrected chi connectivity index (χ2v) is 7.68. The van der Waals surface area contributed by atoms with E-state index >= 15 is 0 Å². The van der Waals surface area contributed by atoms with Crippen molar-refractivity contribution in [3.05, 3.63) is 69.6 Å². The van der Waals surface area contributed by atoms with E-state index in [1.165, 1.54) is 24.5 Å². The van der Waals surface area contributed by atoms with Crippen LogP contribution in [-0.4, -0.2) is 22.6 Å². The first-order valence-electron chi connectivity index (χ1n) is 8.22. The van der Waals surface area contributed by atoms with Crippen LogP contribution in [0.3, 0.4) is 0 Å². The van der Waals surface area contributed by atoms with Crippen molar-refractivity contribution in [1.82, 2.24) is 9.55 Å². The molecule has 6 nitrogen and oxygen atoms in total. The van der Waals surface area contributed by atoms with Gasteiger partial charge >= 0.3 is 0 Å². The standard InChI is InChI=1S/C19H19N3O3S2/c1-13-11-27-19(20-13)21-18(24)10-22-9-17(25-2)16(23)8-14(22)12-26-15-6-4-3-5-7-15/h3-9,11H,10,12H2,1-2H3,(H,20,21,24). The summed E-state index contributed by atoms with van der Waals surface area (Å²) in [7, 11) is 1.44.